The molecule has 0 radical (unpaired) electrons. The third kappa shape index (κ3) is 5.42. The topological polar surface area (TPSA) is 74.1 Å². The Kier molecular flexibility index (Phi) is 6.70. The van der Waals surface area contributed by atoms with E-state index in [1.54, 1.807) is 19.2 Å². The van der Waals surface area contributed by atoms with Gasteiger partial charge in [0.1, 0.15) is 17.4 Å². The summed E-state index contributed by atoms with van der Waals surface area (Å²) in [6.07, 6.45) is 1.36. The largest absolute Gasteiger partial charge is 0.497 e. The smallest absolute Gasteiger partial charge is 0.267 e. The van der Waals surface area contributed by atoms with Gasteiger partial charge in [-0.15, -0.1) is 0 Å². The van der Waals surface area contributed by atoms with E-state index >= 15 is 0 Å². The van der Waals surface area contributed by atoms with E-state index in [2.05, 4.69) is 10.6 Å². The SMILES string of the molecule is COc1cccc(CN/C=C(/C#N)C(=O)Nc2ccc(Cl)cc2Cl)c1. The summed E-state index contributed by atoms with van der Waals surface area (Å²) in [6.45, 7) is 0.442. The van der Waals surface area contributed by atoms with Crippen LogP contribution in [0.5, 0.6) is 5.75 Å². The van der Waals surface area contributed by atoms with Crippen molar-refractivity contribution in [3.8, 4) is 11.8 Å². The first-order valence-electron chi connectivity index (χ1n) is 7.26. The molecule has 0 fully saturated rings. The molecule has 25 heavy (non-hydrogen) atoms. The van der Waals surface area contributed by atoms with Gasteiger partial charge in [0, 0.05) is 17.8 Å². The molecule has 0 aliphatic carbocycles. The Bertz CT molecular complexity index is 844. The Labute approximate surface area is 155 Å². The van der Waals surface area contributed by atoms with E-state index in [0.717, 1.165) is 11.3 Å². The molecule has 0 atom stereocenters. The summed E-state index contributed by atoms with van der Waals surface area (Å²) >= 11 is 11.8. The number of carbonyl (C=O) groups is 1. The predicted molar refractivity (Wildman–Crippen MR) is 98.6 cm³/mol. The molecule has 7 heteroatoms. The Morgan fingerprint density at radius 1 is 1.28 bits per heavy atom. The third-order valence-corrected chi connectivity index (χ3v) is 3.78. The van der Waals surface area contributed by atoms with Crippen molar-refractivity contribution in [2.45, 2.75) is 6.54 Å². The van der Waals surface area contributed by atoms with Gasteiger partial charge in [-0.3, -0.25) is 4.79 Å². The van der Waals surface area contributed by atoms with E-state index in [0.29, 0.717) is 22.3 Å². The number of methoxy groups -OCH3 is 1. The maximum Gasteiger partial charge on any atom is 0.267 e. The second-order valence-corrected chi connectivity index (χ2v) is 5.82. The first kappa shape index (κ1) is 18.7. The molecule has 5 nitrogen and oxygen atoms in total. The number of nitrogens with zero attached hydrogens (tertiary/aromatic N) is 1. The minimum Gasteiger partial charge on any atom is -0.497 e. The van der Waals surface area contributed by atoms with Crippen molar-refractivity contribution < 1.29 is 9.53 Å². The quantitative estimate of drug-likeness (QED) is 0.587. The zero-order chi connectivity index (χ0) is 18.2. The lowest BCUT2D eigenvalue weighted by Gasteiger charge is -2.08. The van der Waals surface area contributed by atoms with Gasteiger partial charge in [-0.2, -0.15) is 5.26 Å². The minimum atomic E-state index is -0.565. The van der Waals surface area contributed by atoms with Crippen LogP contribution in [-0.4, -0.2) is 13.0 Å². The van der Waals surface area contributed by atoms with E-state index in [9.17, 15) is 10.1 Å². The van der Waals surface area contributed by atoms with Crippen LogP contribution in [0.4, 0.5) is 5.69 Å². The molecule has 2 N–H and O–H groups in total. The lowest BCUT2D eigenvalue weighted by molar-refractivity contribution is -0.112. The van der Waals surface area contributed by atoms with Gasteiger partial charge in [0.05, 0.1) is 17.8 Å². The minimum absolute atomic E-state index is 0.0751. The Hall–Kier alpha value is -2.68. The number of ether oxygens (including phenoxy) is 1. The molecule has 2 aromatic rings. The molecule has 0 heterocycles. The highest BCUT2D eigenvalue weighted by molar-refractivity contribution is 6.36. The molecular formula is C18H15Cl2N3O2. The molecule has 0 bridgehead atoms. The Morgan fingerprint density at radius 3 is 2.76 bits per heavy atom. The first-order chi connectivity index (χ1) is 12.0. The molecule has 0 unspecified atom stereocenters. The van der Waals surface area contributed by atoms with E-state index in [1.807, 2.05) is 30.3 Å². The summed E-state index contributed by atoms with van der Waals surface area (Å²) in [5.74, 6) is 0.170. The molecular weight excluding hydrogens is 361 g/mol. The van der Waals surface area contributed by atoms with E-state index < -0.39 is 5.91 Å². The number of carbonyl (C=O) groups excluding carboxylic acids is 1. The number of anilines is 1. The average Bonchev–Trinajstić information content (AvgIpc) is 2.61. The lowest BCUT2D eigenvalue weighted by atomic mass is 10.2. The second kappa shape index (κ2) is 8.97. The second-order valence-electron chi connectivity index (χ2n) is 4.98. The van der Waals surface area contributed by atoms with Gasteiger partial charge >= 0.3 is 0 Å². The summed E-state index contributed by atoms with van der Waals surface area (Å²) in [5.41, 5.74) is 1.26. The molecule has 128 valence electrons. The maximum absolute atomic E-state index is 12.2. The van der Waals surface area contributed by atoms with Crippen LogP contribution in [0.15, 0.2) is 54.2 Å². The van der Waals surface area contributed by atoms with Gasteiger partial charge < -0.3 is 15.4 Å². The summed E-state index contributed by atoms with van der Waals surface area (Å²) in [5, 5.41) is 15.4. The normalized spacial score (nSPS) is 10.7. The molecule has 0 saturated heterocycles. The van der Waals surface area contributed by atoms with Crippen molar-refractivity contribution in [1.29, 1.82) is 5.26 Å². The maximum atomic E-state index is 12.2. The average molecular weight is 376 g/mol. The Balaban J connectivity index is 2.01. The fraction of sp³-hybridized carbons (Fsp3) is 0.111. The van der Waals surface area contributed by atoms with Crippen LogP contribution in [0.1, 0.15) is 5.56 Å². The number of nitriles is 1. The van der Waals surface area contributed by atoms with Gasteiger partial charge in [0.25, 0.3) is 5.91 Å². The molecule has 2 rings (SSSR count). The molecule has 1 amide bonds. The zero-order valence-corrected chi connectivity index (χ0v) is 14.9. The van der Waals surface area contributed by atoms with Gasteiger partial charge in [-0.05, 0) is 35.9 Å². The first-order valence-corrected chi connectivity index (χ1v) is 8.02. The van der Waals surface area contributed by atoms with Crippen molar-refractivity contribution >= 4 is 34.8 Å². The standard InChI is InChI=1S/C18H15Cl2N3O2/c1-25-15-4-2-3-12(7-15)10-22-11-13(9-21)18(24)23-17-6-5-14(19)8-16(17)20/h2-8,11,22H,10H2,1H3,(H,23,24)/b13-11-. The zero-order valence-electron chi connectivity index (χ0n) is 13.3. The summed E-state index contributed by atoms with van der Waals surface area (Å²) in [7, 11) is 1.59. The number of benzene rings is 2. The van der Waals surface area contributed by atoms with Crippen LogP contribution in [0.25, 0.3) is 0 Å². The summed E-state index contributed by atoms with van der Waals surface area (Å²) in [4.78, 5) is 12.2. The molecule has 2 aromatic carbocycles. The van der Waals surface area contributed by atoms with Crippen LogP contribution >= 0.6 is 23.2 Å². The third-order valence-electron chi connectivity index (χ3n) is 3.23. The monoisotopic (exact) mass is 375 g/mol. The van der Waals surface area contributed by atoms with Gasteiger partial charge in [0.2, 0.25) is 0 Å². The summed E-state index contributed by atoms with van der Waals surface area (Å²) < 4.78 is 5.15. The highest BCUT2D eigenvalue weighted by Gasteiger charge is 2.11. The van der Waals surface area contributed by atoms with E-state index in [-0.39, 0.29) is 5.57 Å². The van der Waals surface area contributed by atoms with Gasteiger partial charge in [-0.25, -0.2) is 0 Å². The highest BCUT2D eigenvalue weighted by atomic mass is 35.5. The molecule has 0 aliphatic rings. The van der Waals surface area contributed by atoms with Crippen LogP contribution in [0.2, 0.25) is 10.0 Å². The fourth-order valence-corrected chi connectivity index (χ4v) is 2.44. The lowest BCUT2D eigenvalue weighted by Crippen LogP contribution is -2.16. The molecule has 0 aliphatic heterocycles. The van der Waals surface area contributed by atoms with Crippen LogP contribution in [-0.2, 0) is 11.3 Å². The number of hydrogen-bond acceptors (Lipinski definition) is 4. The van der Waals surface area contributed by atoms with Gasteiger partial charge in [-0.1, -0.05) is 35.3 Å². The van der Waals surface area contributed by atoms with Gasteiger partial charge in [0.15, 0.2) is 0 Å². The van der Waals surface area contributed by atoms with Crippen molar-refractivity contribution in [2.75, 3.05) is 12.4 Å². The molecule has 0 aromatic heterocycles. The number of nitrogens with one attached hydrogen (secondary N) is 2. The van der Waals surface area contributed by atoms with Crippen LogP contribution in [0.3, 0.4) is 0 Å². The number of rotatable bonds is 6. The number of hydrogen-bond donors (Lipinski definition) is 2. The van der Waals surface area contributed by atoms with Crippen LogP contribution in [0, 0.1) is 11.3 Å². The Morgan fingerprint density at radius 2 is 2.08 bits per heavy atom. The van der Waals surface area contributed by atoms with Crippen molar-refractivity contribution in [2.24, 2.45) is 0 Å². The van der Waals surface area contributed by atoms with Crippen LogP contribution < -0.4 is 15.4 Å². The van der Waals surface area contributed by atoms with Crippen molar-refractivity contribution in [1.82, 2.24) is 5.32 Å². The van der Waals surface area contributed by atoms with Crippen molar-refractivity contribution in [3.05, 3.63) is 69.8 Å². The summed E-state index contributed by atoms with van der Waals surface area (Å²) in [6, 6.07) is 14.0. The molecule has 0 saturated carbocycles. The highest BCUT2D eigenvalue weighted by Crippen LogP contribution is 2.25. The predicted octanol–water partition coefficient (Wildman–Crippen LogP) is 4.14. The fourth-order valence-electron chi connectivity index (χ4n) is 1.98. The number of halogens is 2. The molecule has 0 spiro atoms. The van der Waals surface area contributed by atoms with E-state index in [1.165, 1.54) is 12.3 Å². The van der Waals surface area contributed by atoms with Crippen molar-refractivity contribution in [3.63, 3.8) is 0 Å². The van der Waals surface area contributed by atoms with E-state index in [4.69, 9.17) is 27.9 Å². The number of amides is 1.